The molecule has 0 radical (unpaired) electrons. The SMILES string of the molecule is Cc1csc(NS(=O)(=O)c2ccc(CNC3CC3)cn2)n1. The number of anilines is 1. The van der Waals surface area contributed by atoms with E-state index in [2.05, 4.69) is 20.0 Å². The number of sulfonamides is 1. The van der Waals surface area contributed by atoms with Gasteiger partial charge in [0.2, 0.25) is 0 Å². The second-order valence-corrected chi connectivity index (χ2v) is 7.55. The van der Waals surface area contributed by atoms with Gasteiger partial charge in [0.25, 0.3) is 10.0 Å². The zero-order valence-electron chi connectivity index (χ0n) is 11.5. The standard InChI is InChI=1S/C13H16N4O2S2/c1-9-8-20-13(16-9)17-21(18,19)12-5-2-10(7-15-12)6-14-11-3-4-11/h2,5,7-8,11,14H,3-4,6H2,1H3,(H,16,17). The Morgan fingerprint density at radius 1 is 1.38 bits per heavy atom. The average Bonchev–Trinajstić information content (AvgIpc) is 3.20. The fourth-order valence-electron chi connectivity index (χ4n) is 1.79. The molecule has 1 fully saturated rings. The van der Waals surface area contributed by atoms with Crippen LogP contribution >= 0.6 is 11.3 Å². The van der Waals surface area contributed by atoms with Crippen molar-refractivity contribution in [1.82, 2.24) is 15.3 Å². The molecule has 0 unspecified atom stereocenters. The zero-order chi connectivity index (χ0) is 14.9. The molecule has 0 atom stereocenters. The Labute approximate surface area is 127 Å². The summed E-state index contributed by atoms with van der Waals surface area (Å²) < 4.78 is 26.8. The van der Waals surface area contributed by atoms with E-state index in [-0.39, 0.29) is 5.03 Å². The van der Waals surface area contributed by atoms with Crippen molar-refractivity contribution in [2.75, 3.05) is 4.72 Å². The number of nitrogens with zero attached hydrogens (tertiary/aromatic N) is 2. The molecule has 2 aromatic rings. The maximum Gasteiger partial charge on any atom is 0.281 e. The van der Waals surface area contributed by atoms with Gasteiger partial charge in [-0.1, -0.05) is 6.07 Å². The van der Waals surface area contributed by atoms with Crippen LogP contribution < -0.4 is 10.0 Å². The van der Waals surface area contributed by atoms with Crippen molar-refractivity contribution in [1.29, 1.82) is 0 Å². The Kier molecular flexibility index (Phi) is 3.92. The number of aryl methyl sites for hydroxylation is 1. The van der Waals surface area contributed by atoms with E-state index in [0.717, 1.165) is 17.8 Å². The minimum Gasteiger partial charge on any atom is -0.310 e. The van der Waals surface area contributed by atoms with Crippen molar-refractivity contribution in [3.05, 3.63) is 35.0 Å². The fraction of sp³-hybridized carbons (Fsp3) is 0.385. The van der Waals surface area contributed by atoms with Crippen molar-refractivity contribution in [3.8, 4) is 0 Å². The van der Waals surface area contributed by atoms with Gasteiger partial charge in [0, 0.05) is 24.2 Å². The number of hydrogen-bond acceptors (Lipinski definition) is 6. The number of aromatic nitrogens is 2. The molecule has 2 heterocycles. The summed E-state index contributed by atoms with van der Waals surface area (Å²) in [7, 11) is -3.67. The van der Waals surface area contributed by atoms with Gasteiger partial charge < -0.3 is 5.32 Å². The van der Waals surface area contributed by atoms with Crippen LogP contribution in [0.15, 0.2) is 28.7 Å². The van der Waals surface area contributed by atoms with Crippen molar-refractivity contribution in [3.63, 3.8) is 0 Å². The first-order chi connectivity index (χ1) is 10.0. The molecule has 0 amide bonds. The molecular formula is C13H16N4O2S2. The van der Waals surface area contributed by atoms with E-state index < -0.39 is 10.0 Å². The molecule has 0 aliphatic heterocycles. The molecule has 0 spiro atoms. The van der Waals surface area contributed by atoms with Gasteiger partial charge in [-0.3, -0.25) is 4.72 Å². The summed E-state index contributed by atoms with van der Waals surface area (Å²) in [6.07, 6.45) is 4.03. The van der Waals surface area contributed by atoms with Crippen molar-refractivity contribution in [2.24, 2.45) is 0 Å². The van der Waals surface area contributed by atoms with Crippen molar-refractivity contribution in [2.45, 2.75) is 37.4 Å². The molecule has 0 saturated heterocycles. The van der Waals surface area contributed by atoms with Crippen LogP contribution in [0.5, 0.6) is 0 Å². The van der Waals surface area contributed by atoms with E-state index in [4.69, 9.17) is 0 Å². The average molecular weight is 324 g/mol. The van der Waals surface area contributed by atoms with Crippen LogP contribution in [0.2, 0.25) is 0 Å². The smallest absolute Gasteiger partial charge is 0.281 e. The zero-order valence-corrected chi connectivity index (χ0v) is 13.2. The Balaban J connectivity index is 1.69. The molecule has 0 aromatic carbocycles. The molecule has 112 valence electrons. The van der Waals surface area contributed by atoms with E-state index in [0.29, 0.717) is 11.2 Å². The van der Waals surface area contributed by atoms with Crippen LogP contribution in [0.3, 0.4) is 0 Å². The van der Waals surface area contributed by atoms with E-state index in [1.165, 1.54) is 30.2 Å². The highest BCUT2D eigenvalue weighted by Crippen LogP contribution is 2.20. The number of nitrogens with one attached hydrogen (secondary N) is 2. The number of pyridine rings is 1. The summed E-state index contributed by atoms with van der Waals surface area (Å²) >= 11 is 1.25. The predicted octanol–water partition coefficient (Wildman–Crippen LogP) is 1.90. The third-order valence-corrected chi connectivity index (χ3v) is 5.34. The summed E-state index contributed by atoms with van der Waals surface area (Å²) in [5.41, 5.74) is 1.76. The lowest BCUT2D eigenvalue weighted by atomic mass is 10.3. The molecule has 0 bridgehead atoms. The monoisotopic (exact) mass is 324 g/mol. The topological polar surface area (TPSA) is 84.0 Å². The van der Waals surface area contributed by atoms with Gasteiger partial charge in [-0.05, 0) is 31.4 Å². The summed E-state index contributed by atoms with van der Waals surface area (Å²) in [5, 5.41) is 5.51. The Hall–Kier alpha value is -1.51. The second kappa shape index (κ2) is 5.70. The van der Waals surface area contributed by atoms with Gasteiger partial charge in [-0.25, -0.2) is 9.97 Å². The van der Waals surface area contributed by atoms with Gasteiger partial charge in [0.15, 0.2) is 10.2 Å². The number of thiazole rings is 1. The Bertz CT molecular complexity index is 721. The van der Waals surface area contributed by atoms with Crippen LogP contribution in [0.4, 0.5) is 5.13 Å². The van der Waals surface area contributed by atoms with Crippen LogP contribution in [0.1, 0.15) is 24.1 Å². The van der Waals surface area contributed by atoms with Crippen LogP contribution in [0.25, 0.3) is 0 Å². The molecule has 2 aromatic heterocycles. The van der Waals surface area contributed by atoms with Gasteiger partial charge >= 0.3 is 0 Å². The van der Waals surface area contributed by atoms with Gasteiger partial charge in [0.05, 0.1) is 5.69 Å². The summed E-state index contributed by atoms with van der Waals surface area (Å²) in [6, 6.07) is 3.92. The predicted molar refractivity (Wildman–Crippen MR) is 81.8 cm³/mol. The molecule has 1 saturated carbocycles. The third kappa shape index (κ3) is 3.78. The van der Waals surface area contributed by atoms with E-state index in [1.54, 1.807) is 17.6 Å². The lowest BCUT2D eigenvalue weighted by Gasteiger charge is -2.06. The van der Waals surface area contributed by atoms with Crippen LogP contribution in [-0.2, 0) is 16.6 Å². The number of rotatable bonds is 6. The number of hydrogen-bond donors (Lipinski definition) is 2. The van der Waals surface area contributed by atoms with Gasteiger partial charge in [-0.2, -0.15) is 8.42 Å². The molecule has 6 nitrogen and oxygen atoms in total. The molecule has 1 aliphatic carbocycles. The molecule has 21 heavy (non-hydrogen) atoms. The molecule has 1 aliphatic rings. The van der Waals surface area contributed by atoms with Crippen molar-refractivity contribution >= 4 is 26.5 Å². The summed E-state index contributed by atoms with van der Waals surface area (Å²) in [4.78, 5) is 8.12. The first kappa shape index (κ1) is 14.4. The lowest BCUT2D eigenvalue weighted by Crippen LogP contribution is -2.17. The minimum atomic E-state index is -3.67. The highest BCUT2D eigenvalue weighted by molar-refractivity contribution is 7.92. The summed E-state index contributed by atoms with van der Waals surface area (Å²) in [5.74, 6) is 0. The van der Waals surface area contributed by atoms with E-state index in [1.807, 2.05) is 6.92 Å². The van der Waals surface area contributed by atoms with Crippen LogP contribution in [0, 0.1) is 6.92 Å². The molecule has 2 N–H and O–H groups in total. The summed E-state index contributed by atoms with van der Waals surface area (Å²) in [6.45, 7) is 2.53. The molecular weight excluding hydrogens is 308 g/mol. The quantitative estimate of drug-likeness (QED) is 0.848. The van der Waals surface area contributed by atoms with Crippen molar-refractivity contribution < 1.29 is 8.42 Å². The first-order valence-electron chi connectivity index (χ1n) is 6.66. The molecule has 8 heteroatoms. The lowest BCUT2D eigenvalue weighted by molar-refractivity contribution is 0.597. The van der Waals surface area contributed by atoms with Gasteiger partial charge in [-0.15, -0.1) is 11.3 Å². The van der Waals surface area contributed by atoms with Gasteiger partial charge in [0.1, 0.15) is 0 Å². The highest BCUT2D eigenvalue weighted by atomic mass is 32.2. The highest BCUT2D eigenvalue weighted by Gasteiger charge is 2.20. The first-order valence-corrected chi connectivity index (χ1v) is 9.02. The largest absolute Gasteiger partial charge is 0.310 e. The molecule has 3 rings (SSSR count). The third-order valence-electron chi connectivity index (χ3n) is 3.09. The maximum atomic E-state index is 12.2. The second-order valence-electron chi connectivity index (χ2n) is 5.06. The minimum absolute atomic E-state index is 0.00512. The Morgan fingerprint density at radius 2 is 2.19 bits per heavy atom. The van der Waals surface area contributed by atoms with E-state index in [9.17, 15) is 8.42 Å². The van der Waals surface area contributed by atoms with E-state index >= 15 is 0 Å². The maximum absolute atomic E-state index is 12.2. The normalized spacial score (nSPS) is 15.1. The Morgan fingerprint density at radius 3 is 2.76 bits per heavy atom. The fourth-order valence-corrected chi connectivity index (χ4v) is 3.66. The van der Waals surface area contributed by atoms with Crippen LogP contribution in [-0.4, -0.2) is 24.4 Å².